The summed E-state index contributed by atoms with van der Waals surface area (Å²) < 4.78 is 5.19. The summed E-state index contributed by atoms with van der Waals surface area (Å²) in [7, 11) is 0. The van der Waals surface area contributed by atoms with Gasteiger partial charge in [-0.05, 0) is 19.1 Å². The lowest BCUT2D eigenvalue weighted by atomic mass is 10.2. The van der Waals surface area contributed by atoms with Crippen LogP contribution in [0.25, 0.3) is 0 Å². The summed E-state index contributed by atoms with van der Waals surface area (Å²) >= 11 is 0. The molecular weight excluding hydrogens is 198 g/mol. The molecule has 0 aliphatic carbocycles. The number of para-hydroxylation sites is 1. The predicted octanol–water partition coefficient (Wildman–Crippen LogP) is 1.09. The van der Waals surface area contributed by atoms with Crippen molar-refractivity contribution in [3.8, 4) is 5.75 Å². The maximum atomic E-state index is 10.5. The fourth-order valence-electron chi connectivity index (χ4n) is 1.07. The van der Waals surface area contributed by atoms with E-state index in [0.29, 0.717) is 5.75 Å². The Labute approximate surface area is 87.5 Å². The number of nitrogens with zero attached hydrogens (tertiary/aromatic N) is 1. The van der Waals surface area contributed by atoms with Crippen molar-refractivity contribution in [3.63, 3.8) is 0 Å². The average Bonchev–Trinajstić information content (AvgIpc) is 2.18. The largest absolute Gasteiger partial charge is 0.486 e. The van der Waals surface area contributed by atoms with Gasteiger partial charge in [0.25, 0.3) is 6.04 Å². The highest BCUT2D eigenvalue weighted by molar-refractivity contribution is 5.20. The lowest BCUT2D eigenvalue weighted by Gasteiger charge is -2.12. The molecule has 0 aromatic heterocycles. The smallest absolute Gasteiger partial charge is 0.271 e. The molecule has 1 aromatic rings. The first-order valence-electron chi connectivity index (χ1n) is 4.60. The van der Waals surface area contributed by atoms with Gasteiger partial charge in [-0.2, -0.15) is 0 Å². The second-order valence-corrected chi connectivity index (χ2v) is 3.22. The van der Waals surface area contributed by atoms with Crippen LogP contribution < -0.4 is 4.74 Å². The van der Waals surface area contributed by atoms with Crippen LogP contribution >= 0.6 is 0 Å². The minimum absolute atomic E-state index is 0.130. The zero-order valence-corrected chi connectivity index (χ0v) is 8.37. The van der Waals surface area contributed by atoms with Crippen LogP contribution in [0.1, 0.15) is 6.92 Å². The third kappa shape index (κ3) is 3.55. The Morgan fingerprint density at radius 3 is 2.53 bits per heavy atom. The highest BCUT2D eigenvalue weighted by Gasteiger charge is 2.26. The first-order valence-corrected chi connectivity index (χ1v) is 4.60. The molecule has 2 atom stereocenters. The summed E-state index contributed by atoms with van der Waals surface area (Å²) in [6.07, 6.45) is -1.02. The van der Waals surface area contributed by atoms with Gasteiger partial charge in [-0.1, -0.05) is 18.2 Å². The molecule has 2 unspecified atom stereocenters. The van der Waals surface area contributed by atoms with Crippen LogP contribution in [0.4, 0.5) is 0 Å². The molecule has 1 rings (SSSR count). The van der Waals surface area contributed by atoms with Crippen molar-refractivity contribution < 1.29 is 14.8 Å². The normalized spacial score (nSPS) is 14.3. The van der Waals surface area contributed by atoms with Gasteiger partial charge in [-0.25, -0.2) is 0 Å². The van der Waals surface area contributed by atoms with Crippen molar-refractivity contribution in [3.05, 3.63) is 40.4 Å². The van der Waals surface area contributed by atoms with Crippen molar-refractivity contribution in [1.29, 1.82) is 0 Å². The van der Waals surface area contributed by atoms with Gasteiger partial charge in [0.2, 0.25) is 0 Å². The molecule has 0 aliphatic heterocycles. The van der Waals surface area contributed by atoms with Crippen LogP contribution in [0.2, 0.25) is 0 Å². The summed E-state index contributed by atoms with van der Waals surface area (Å²) in [5.41, 5.74) is 0. The minimum Gasteiger partial charge on any atom is -0.486 e. The van der Waals surface area contributed by atoms with Gasteiger partial charge >= 0.3 is 0 Å². The molecule has 0 spiro atoms. The summed E-state index contributed by atoms with van der Waals surface area (Å²) in [6, 6.07) is 7.70. The topological polar surface area (TPSA) is 72.6 Å². The van der Waals surface area contributed by atoms with Crippen molar-refractivity contribution in [2.75, 3.05) is 6.61 Å². The SMILES string of the molecule is CC(O)C(COc1ccccc1)[N+](=O)[O-]. The number of ether oxygens (including phenoxy) is 1. The van der Waals surface area contributed by atoms with E-state index >= 15 is 0 Å². The third-order valence-electron chi connectivity index (χ3n) is 1.99. The number of aliphatic hydroxyl groups is 1. The van der Waals surface area contributed by atoms with E-state index in [1.165, 1.54) is 6.92 Å². The van der Waals surface area contributed by atoms with E-state index in [9.17, 15) is 10.1 Å². The lowest BCUT2D eigenvalue weighted by Crippen LogP contribution is -2.36. The van der Waals surface area contributed by atoms with Gasteiger partial charge in [0.05, 0.1) is 0 Å². The number of benzene rings is 1. The monoisotopic (exact) mass is 211 g/mol. The Kier molecular flexibility index (Phi) is 4.05. The minimum atomic E-state index is -1.09. The average molecular weight is 211 g/mol. The molecule has 0 amide bonds. The predicted molar refractivity (Wildman–Crippen MR) is 54.4 cm³/mol. The Bertz CT molecular complexity index is 312. The Hall–Kier alpha value is -1.62. The van der Waals surface area contributed by atoms with E-state index in [1.54, 1.807) is 24.3 Å². The van der Waals surface area contributed by atoms with E-state index in [-0.39, 0.29) is 6.61 Å². The molecule has 0 radical (unpaired) electrons. The molecule has 5 nitrogen and oxygen atoms in total. The van der Waals surface area contributed by atoms with Crippen LogP contribution in [0.3, 0.4) is 0 Å². The maximum absolute atomic E-state index is 10.5. The van der Waals surface area contributed by atoms with Crippen LogP contribution in [-0.4, -0.2) is 28.8 Å². The highest BCUT2D eigenvalue weighted by Crippen LogP contribution is 2.10. The Morgan fingerprint density at radius 2 is 2.07 bits per heavy atom. The third-order valence-corrected chi connectivity index (χ3v) is 1.99. The Balaban J connectivity index is 2.51. The van der Waals surface area contributed by atoms with Crippen LogP contribution in [0.5, 0.6) is 5.75 Å². The number of hydrogen-bond donors (Lipinski definition) is 1. The zero-order chi connectivity index (χ0) is 11.3. The summed E-state index contributed by atoms with van der Waals surface area (Å²) in [4.78, 5) is 9.99. The van der Waals surface area contributed by atoms with E-state index < -0.39 is 17.1 Å². The molecule has 0 saturated carbocycles. The first-order chi connectivity index (χ1) is 7.11. The summed E-state index contributed by atoms with van der Waals surface area (Å²) in [5, 5.41) is 19.7. The van der Waals surface area contributed by atoms with E-state index in [2.05, 4.69) is 0 Å². The van der Waals surface area contributed by atoms with Gasteiger partial charge in [-0.3, -0.25) is 10.1 Å². The second-order valence-electron chi connectivity index (χ2n) is 3.22. The number of aliphatic hydroxyl groups excluding tert-OH is 1. The van der Waals surface area contributed by atoms with Gasteiger partial charge < -0.3 is 9.84 Å². The van der Waals surface area contributed by atoms with Crippen LogP contribution in [0.15, 0.2) is 30.3 Å². The van der Waals surface area contributed by atoms with Gasteiger partial charge in [-0.15, -0.1) is 0 Å². The fraction of sp³-hybridized carbons (Fsp3) is 0.400. The molecule has 1 aromatic carbocycles. The molecule has 0 heterocycles. The molecule has 1 N–H and O–H groups in total. The van der Waals surface area contributed by atoms with Gasteiger partial charge in [0, 0.05) is 4.92 Å². The fourth-order valence-corrected chi connectivity index (χ4v) is 1.07. The highest BCUT2D eigenvalue weighted by atomic mass is 16.6. The number of nitro groups is 1. The van der Waals surface area contributed by atoms with E-state index in [1.807, 2.05) is 6.07 Å². The second kappa shape index (κ2) is 5.31. The van der Waals surface area contributed by atoms with E-state index in [4.69, 9.17) is 9.84 Å². The quantitative estimate of drug-likeness (QED) is 0.584. The molecule has 0 bridgehead atoms. The first kappa shape index (κ1) is 11.5. The van der Waals surface area contributed by atoms with Crippen molar-refractivity contribution in [2.45, 2.75) is 19.1 Å². The molecule has 0 saturated heterocycles. The van der Waals surface area contributed by atoms with Crippen LogP contribution in [-0.2, 0) is 0 Å². The van der Waals surface area contributed by atoms with Crippen LogP contribution in [0, 0.1) is 10.1 Å². The molecule has 5 heteroatoms. The van der Waals surface area contributed by atoms with E-state index in [0.717, 1.165) is 0 Å². The van der Waals surface area contributed by atoms with Gasteiger partial charge in [0.1, 0.15) is 11.9 Å². The summed E-state index contributed by atoms with van der Waals surface area (Å²) in [6.45, 7) is 1.25. The molecule has 0 fully saturated rings. The van der Waals surface area contributed by atoms with Crippen molar-refractivity contribution in [1.82, 2.24) is 0 Å². The zero-order valence-electron chi connectivity index (χ0n) is 8.37. The molecular formula is C10H13NO4. The summed E-state index contributed by atoms with van der Waals surface area (Å²) in [5.74, 6) is 0.560. The number of rotatable bonds is 5. The maximum Gasteiger partial charge on any atom is 0.271 e. The van der Waals surface area contributed by atoms with Crippen molar-refractivity contribution in [2.24, 2.45) is 0 Å². The van der Waals surface area contributed by atoms with Gasteiger partial charge in [0.15, 0.2) is 6.61 Å². The Morgan fingerprint density at radius 1 is 1.47 bits per heavy atom. The lowest BCUT2D eigenvalue weighted by molar-refractivity contribution is -0.535. The van der Waals surface area contributed by atoms with Crippen molar-refractivity contribution >= 4 is 0 Å². The number of hydrogen-bond acceptors (Lipinski definition) is 4. The molecule has 0 aliphatic rings. The molecule has 15 heavy (non-hydrogen) atoms. The molecule has 82 valence electrons. The standard InChI is InChI=1S/C10H13NO4/c1-8(12)10(11(13)14)7-15-9-5-3-2-4-6-9/h2-6,8,10,12H,7H2,1H3.